The number of hydrogen-bond acceptors (Lipinski definition) is 5. The van der Waals surface area contributed by atoms with Gasteiger partial charge in [-0.05, 0) is 37.5 Å². The van der Waals surface area contributed by atoms with E-state index < -0.39 is 11.2 Å². The molecule has 3 aromatic rings. The minimum Gasteiger partial charge on any atom is -0.370 e. The van der Waals surface area contributed by atoms with E-state index >= 15 is 0 Å². The normalized spacial score (nSPS) is 13.8. The fourth-order valence-electron chi connectivity index (χ4n) is 4.03. The smallest absolute Gasteiger partial charge is 0.332 e. The summed E-state index contributed by atoms with van der Waals surface area (Å²) in [5, 5.41) is 3.56. The molecule has 0 radical (unpaired) electrons. The molecule has 9 nitrogen and oxygen atoms in total. The van der Waals surface area contributed by atoms with Crippen molar-refractivity contribution in [3.8, 4) is 0 Å². The van der Waals surface area contributed by atoms with E-state index in [2.05, 4.69) is 15.2 Å². The maximum Gasteiger partial charge on any atom is 0.332 e. The van der Waals surface area contributed by atoms with Crippen molar-refractivity contribution in [1.29, 1.82) is 0 Å². The lowest BCUT2D eigenvalue weighted by atomic mass is 10.2. The zero-order chi connectivity index (χ0) is 22.1. The third-order valence-electron chi connectivity index (χ3n) is 5.70. The molecule has 1 aromatic carbocycles. The lowest BCUT2D eigenvalue weighted by Crippen LogP contribution is -2.37. The summed E-state index contributed by atoms with van der Waals surface area (Å²) in [5.74, 6) is -0.118. The molecule has 4 rings (SSSR count). The Labute approximate surface area is 183 Å². The summed E-state index contributed by atoms with van der Waals surface area (Å²) in [6.07, 6.45) is 4.60. The highest BCUT2D eigenvalue weighted by Crippen LogP contribution is 2.31. The fraction of sp³-hybridized carbons (Fsp3) is 0.429. The van der Waals surface area contributed by atoms with Gasteiger partial charge in [0, 0.05) is 45.2 Å². The highest BCUT2D eigenvalue weighted by atomic mass is 35.5. The van der Waals surface area contributed by atoms with Crippen LogP contribution in [-0.4, -0.2) is 37.7 Å². The van der Waals surface area contributed by atoms with Crippen molar-refractivity contribution in [3.05, 3.63) is 50.4 Å². The van der Waals surface area contributed by atoms with Gasteiger partial charge in [0.15, 0.2) is 11.2 Å². The van der Waals surface area contributed by atoms with Crippen LogP contribution < -0.4 is 21.5 Å². The summed E-state index contributed by atoms with van der Waals surface area (Å²) in [6.45, 7) is 2.37. The maximum atomic E-state index is 12.6. The van der Waals surface area contributed by atoms with Crippen molar-refractivity contribution in [2.45, 2.75) is 32.2 Å². The van der Waals surface area contributed by atoms with Crippen LogP contribution >= 0.6 is 11.6 Å². The van der Waals surface area contributed by atoms with Crippen molar-refractivity contribution >= 4 is 40.0 Å². The first-order chi connectivity index (χ1) is 14.9. The van der Waals surface area contributed by atoms with E-state index in [0.29, 0.717) is 29.2 Å². The van der Waals surface area contributed by atoms with E-state index in [0.717, 1.165) is 41.9 Å². The van der Waals surface area contributed by atoms with Gasteiger partial charge in [-0.25, -0.2) is 9.78 Å². The van der Waals surface area contributed by atoms with Gasteiger partial charge in [0.2, 0.25) is 5.91 Å². The molecule has 1 aliphatic rings. The molecular formula is C21H25ClN6O3. The second kappa shape index (κ2) is 8.58. The Morgan fingerprint density at radius 3 is 2.65 bits per heavy atom. The fourth-order valence-corrected chi connectivity index (χ4v) is 4.20. The van der Waals surface area contributed by atoms with Crippen LogP contribution in [0.4, 0.5) is 11.4 Å². The van der Waals surface area contributed by atoms with Crippen LogP contribution in [0.2, 0.25) is 5.02 Å². The number of imidazole rings is 1. The van der Waals surface area contributed by atoms with E-state index in [1.54, 1.807) is 17.7 Å². The summed E-state index contributed by atoms with van der Waals surface area (Å²) in [4.78, 5) is 43.6. The Kier molecular flexibility index (Phi) is 5.86. The first-order valence-electron chi connectivity index (χ1n) is 10.3. The maximum absolute atomic E-state index is 12.6. The third-order valence-corrected chi connectivity index (χ3v) is 5.93. The van der Waals surface area contributed by atoms with Crippen LogP contribution in [0.5, 0.6) is 0 Å². The molecule has 1 aliphatic heterocycles. The molecule has 0 spiro atoms. The number of fused-ring (bicyclic) bond motifs is 1. The van der Waals surface area contributed by atoms with Gasteiger partial charge in [-0.1, -0.05) is 11.6 Å². The van der Waals surface area contributed by atoms with Crippen molar-refractivity contribution in [3.63, 3.8) is 0 Å². The molecule has 1 N–H and O–H groups in total. The third kappa shape index (κ3) is 4.10. The van der Waals surface area contributed by atoms with E-state index in [-0.39, 0.29) is 12.3 Å². The second-order valence-electron chi connectivity index (χ2n) is 7.82. The Morgan fingerprint density at radius 2 is 1.90 bits per heavy atom. The van der Waals surface area contributed by atoms with Gasteiger partial charge in [0.05, 0.1) is 17.7 Å². The molecule has 0 saturated carbocycles. The number of hydrogen-bond donors (Lipinski definition) is 1. The Hall–Kier alpha value is -3.07. The first kappa shape index (κ1) is 21.2. The molecule has 2 aromatic heterocycles. The number of nitrogens with one attached hydrogen (secondary N) is 1. The molecule has 0 bridgehead atoms. The Balaban J connectivity index is 1.45. The highest BCUT2D eigenvalue weighted by molar-refractivity contribution is 6.31. The molecule has 164 valence electrons. The predicted octanol–water partition coefficient (Wildman–Crippen LogP) is 2.11. The van der Waals surface area contributed by atoms with Gasteiger partial charge in [0.25, 0.3) is 5.56 Å². The molecule has 0 aliphatic carbocycles. The van der Waals surface area contributed by atoms with Crippen molar-refractivity contribution < 1.29 is 4.79 Å². The van der Waals surface area contributed by atoms with Crippen LogP contribution in [0.1, 0.15) is 25.7 Å². The average molecular weight is 445 g/mol. The lowest BCUT2D eigenvalue weighted by molar-refractivity contribution is -0.116. The van der Waals surface area contributed by atoms with Crippen molar-refractivity contribution in [2.24, 2.45) is 14.1 Å². The number of aryl methyl sites for hydroxylation is 2. The molecule has 10 heteroatoms. The summed E-state index contributed by atoms with van der Waals surface area (Å²) >= 11 is 6.15. The van der Waals surface area contributed by atoms with E-state index in [4.69, 9.17) is 11.6 Å². The summed E-state index contributed by atoms with van der Waals surface area (Å²) in [7, 11) is 3.02. The number of carbonyl (C=O) groups excluding carboxylic acids is 1. The lowest BCUT2D eigenvalue weighted by Gasteiger charge is -2.22. The standard InChI is InChI=1S/C21H25ClN6O3/c1-25-19-18(20(30)26(2)21(25)31)28(13-23-19)11-5-6-17(29)24-15-12-14(22)7-8-16(15)27-9-3-4-10-27/h7-8,12-13H,3-6,9-11H2,1-2H3,(H,24,29). The van der Waals surface area contributed by atoms with Crippen LogP contribution in [0.15, 0.2) is 34.1 Å². The zero-order valence-electron chi connectivity index (χ0n) is 17.6. The molecular weight excluding hydrogens is 420 g/mol. The molecule has 3 heterocycles. The topological polar surface area (TPSA) is 94.2 Å². The number of amides is 1. The quantitative estimate of drug-likeness (QED) is 0.628. The SMILES string of the molecule is Cn1c(=O)c2c(ncn2CCCC(=O)Nc2cc(Cl)ccc2N2CCCC2)n(C)c1=O. The van der Waals surface area contributed by atoms with Gasteiger partial charge >= 0.3 is 5.69 Å². The van der Waals surface area contributed by atoms with E-state index in [1.165, 1.54) is 17.9 Å². The highest BCUT2D eigenvalue weighted by Gasteiger charge is 2.18. The number of rotatable bonds is 6. The molecule has 1 saturated heterocycles. The summed E-state index contributed by atoms with van der Waals surface area (Å²) in [6, 6.07) is 5.56. The monoisotopic (exact) mass is 444 g/mol. The zero-order valence-corrected chi connectivity index (χ0v) is 18.4. The largest absolute Gasteiger partial charge is 0.370 e. The van der Waals surface area contributed by atoms with Crippen LogP contribution in [0.3, 0.4) is 0 Å². The molecule has 1 fully saturated rings. The minimum atomic E-state index is -0.419. The van der Waals surface area contributed by atoms with Crippen LogP contribution in [-0.2, 0) is 25.4 Å². The van der Waals surface area contributed by atoms with Gasteiger partial charge in [-0.15, -0.1) is 0 Å². The van der Waals surface area contributed by atoms with Gasteiger partial charge in [0.1, 0.15) is 0 Å². The number of nitrogens with zero attached hydrogens (tertiary/aromatic N) is 5. The Bertz CT molecular complexity index is 1250. The van der Waals surface area contributed by atoms with E-state index in [9.17, 15) is 14.4 Å². The van der Waals surface area contributed by atoms with Gasteiger partial charge in [-0.3, -0.25) is 18.7 Å². The average Bonchev–Trinajstić information content (AvgIpc) is 3.41. The van der Waals surface area contributed by atoms with E-state index in [1.807, 2.05) is 12.1 Å². The summed E-state index contributed by atoms with van der Waals surface area (Å²) in [5.41, 5.74) is 1.59. The van der Waals surface area contributed by atoms with Crippen molar-refractivity contribution in [2.75, 3.05) is 23.3 Å². The summed E-state index contributed by atoms with van der Waals surface area (Å²) < 4.78 is 4.10. The number of halogens is 1. The number of anilines is 2. The minimum absolute atomic E-state index is 0.118. The van der Waals surface area contributed by atoms with Crippen LogP contribution in [0, 0.1) is 0 Å². The van der Waals surface area contributed by atoms with Gasteiger partial charge in [-0.2, -0.15) is 0 Å². The molecule has 0 unspecified atom stereocenters. The molecule has 31 heavy (non-hydrogen) atoms. The number of aromatic nitrogens is 4. The first-order valence-corrected chi connectivity index (χ1v) is 10.7. The predicted molar refractivity (Wildman–Crippen MR) is 121 cm³/mol. The molecule has 1 amide bonds. The van der Waals surface area contributed by atoms with Crippen LogP contribution in [0.25, 0.3) is 11.2 Å². The number of carbonyl (C=O) groups is 1. The van der Waals surface area contributed by atoms with Crippen molar-refractivity contribution in [1.82, 2.24) is 18.7 Å². The number of benzene rings is 1. The van der Waals surface area contributed by atoms with Gasteiger partial charge < -0.3 is 14.8 Å². The molecule has 0 atom stereocenters. The Morgan fingerprint density at radius 1 is 1.16 bits per heavy atom. The second-order valence-corrected chi connectivity index (χ2v) is 8.26.